The number of hydrogen-bond donors (Lipinski definition) is 2. The number of rotatable bonds is 2. The molecule has 1 unspecified atom stereocenters. The second-order valence-corrected chi connectivity index (χ2v) is 5.33. The van der Waals surface area contributed by atoms with Gasteiger partial charge in [0.25, 0.3) is 0 Å². The number of piperazine rings is 1. The Morgan fingerprint density at radius 1 is 1.43 bits per heavy atom. The van der Waals surface area contributed by atoms with Crippen LogP contribution in [0.15, 0.2) is 0 Å². The molecule has 1 atom stereocenters. The van der Waals surface area contributed by atoms with Crippen LogP contribution in [0.3, 0.4) is 0 Å². The first kappa shape index (κ1) is 11.9. The van der Waals surface area contributed by atoms with Gasteiger partial charge in [-0.1, -0.05) is 0 Å². The molecule has 1 rings (SSSR count). The van der Waals surface area contributed by atoms with Crippen LogP contribution in [-0.2, 0) is 0 Å². The third-order valence-corrected chi connectivity index (χ3v) is 2.79. The molecule has 0 aliphatic carbocycles. The summed E-state index contributed by atoms with van der Waals surface area (Å²) in [5.74, 6) is 0. The highest BCUT2D eigenvalue weighted by molar-refractivity contribution is 5.04. The van der Waals surface area contributed by atoms with Gasteiger partial charge < -0.3 is 20.7 Å². The first-order valence-electron chi connectivity index (χ1n) is 5.12. The van der Waals surface area contributed by atoms with Gasteiger partial charge >= 0.3 is 0 Å². The molecule has 0 aromatic carbocycles. The van der Waals surface area contributed by atoms with E-state index in [1.165, 1.54) is 0 Å². The van der Waals surface area contributed by atoms with Crippen LogP contribution >= 0.6 is 0 Å². The lowest BCUT2D eigenvalue weighted by Crippen LogP contribution is -2.70. The van der Waals surface area contributed by atoms with Crippen molar-refractivity contribution in [2.45, 2.75) is 51.2 Å². The summed E-state index contributed by atoms with van der Waals surface area (Å²) in [5.41, 5.74) is -0.399. The molecule has 0 saturated carbocycles. The Morgan fingerprint density at radius 2 is 2.00 bits per heavy atom. The van der Waals surface area contributed by atoms with Crippen molar-refractivity contribution < 1.29 is 5.11 Å². The molecule has 0 aromatic heterocycles. The minimum Gasteiger partial charge on any atom is -0.785 e. The van der Waals surface area contributed by atoms with Crippen LogP contribution < -0.4 is 5.32 Å². The van der Waals surface area contributed by atoms with E-state index in [9.17, 15) is 5.21 Å². The molecule has 2 N–H and O–H groups in total. The number of hydrogen-bond acceptors (Lipinski definition) is 4. The molecule has 0 bridgehead atoms. The zero-order valence-electron chi connectivity index (χ0n) is 9.50. The fraction of sp³-hybridized carbons (Fsp3) is 1.00. The summed E-state index contributed by atoms with van der Waals surface area (Å²) in [5, 5.41) is 25.2. The van der Waals surface area contributed by atoms with Crippen molar-refractivity contribution >= 4 is 0 Å². The summed E-state index contributed by atoms with van der Waals surface area (Å²) in [6, 6.07) is -0.138. The smallest absolute Gasteiger partial charge is 0.0446 e. The first-order valence-corrected chi connectivity index (χ1v) is 5.12. The van der Waals surface area contributed by atoms with E-state index in [1.807, 2.05) is 27.7 Å². The molecule has 0 radical (unpaired) electrons. The molecule has 1 heterocycles. The SMILES string of the molecule is CC1(C)CN([O-])C(CCO)C(C)(C)N1. The zero-order valence-corrected chi connectivity index (χ0v) is 9.50. The van der Waals surface area contributed by atoms with Gasteiger partial charge in [0, 0.05) is 30.3 Å². The van der Waals surface area contributed by atoms with Gasteiger partial charge in [0.05, 0.1) is 0 Å². The predicted octanol–water partition coefficient (Wildman–Crippen LogP) is 0.698. The predicted molar refractivity (Wildman–Crippen MR) is 56.9 cm³/mol. The lowest BCUT2D eigenvalue weighted by molar-refractivity contribution is 0.0361. The van der Waals surface area contributed by atoms with E-state index in [-0.39, 0.29) is 23.7 Å². The standard InChI is InChI=1S/C10H21N2O2/c1-9(2)7-12(14)8(5-6-13)10(3,4)11-9/h8,11,13H,5-7H2,1-4H3/q-1. The summed E-state index contributed by atoms with van der Waals surface area (Å²) in [4.78, 5) is 0. The normalized spacial score (nSPS) is 31.7. The minimum atomic E-state index is -0.244. The van der Waals surface area contributed by atoms with Crippen LogP contribution in [0.5, 0.6) is 0 Å². The lowest BCUT2D eigenvalue weighted by Gasteiger charge is -2.57. The van der Waals surface area contributed by atoms with Crippen LogP contribution in [0.1, 0.15) is 34.1 Å². The molecule has 1 fully saturated rings. The molecule has 1 aliphatic heterocycles. The van der Waals surface area contributed by atoms with Gasteiger partial charge in [-0.2, -0.15) is 0 Å². The van der Waals surface area contributed by atoms with Crippen LogP contribution in [-0.4, -0.2) is 40.4 Å². The van der Waals surface area contributed by atoms with Crippen molar-refractivity contribution in [1.82, 2.24) is 10.4 Å². The fourth-order valence-corrected chi connectivity index (χ4v) is 2.48. The molecule has 0 aromatic rings. The second kappa shape index (κ2) is 3.77. The molecule has 4 heteroatoms. The van der Waals surface area contributed by atoms with Crippen molar-refractivity contribution in [3.63, 3.8) is 0 Å². The largest absolute Gasteiger partial charge is 0.785 e. The van der Waals surface area contributed by atoms with Crippen molar-refractivity contribution in [3.8, 4) is 0 Å². The maximum Gasteiger partial charge on any atom is 0.0446 e. The molecular weight excluding hydrogens is 180 g/mol. The Balaban J connectivity index is 2.78. The van der Waals surface area contributed by atoms with Crippen LogP contribution in [0.4, 0.5) is 0 Å². The number of aliphatic hydroxyl groups is 1. The Hall–Kier alpha value is -0.160. The molecule has 0 amide bonds. The summed E-state index contributed by atoms with van der Waals surface area (Å²) < 4.78 is 0. The van der Waals surface area contributed by atoms with E-state index < -0.39 is 0 Å². The molecular formula is C10H21N2O2-. The lowest BCUT2D eigenvalue weighted by atomic mass is 9.84. The number of nitrogens with one attached hydrogen (secondary N) is 1. The zero-order chi connectivity index (χ0) is 11.0. The van der Waals surface area contributed by atoms with E-state index in [2.05, 4.69) is 5.32 Å². The number of hydroxylamine groups is 2. The van der Waals surface area contributed by atoms with E-state index in [0.717, 1.165) is 5.06 Å². The van der Waals surface area contributed by atoms with Gasteiger partial charge in [-0.05, 0) is 34.1 Å². The van der Waals surface area contributed by atoms with Crippen molar-refractivity contribution in [2.24, 2.45) is 0 Å². The van der Waals surface area contributed by atoms with Crippen LogP contribution in [0.2, 0.25) is 0 Å². The molecule has 84 valence electrons. The van der Waals surface area contributed by atoms with Gasteiger partial charge in [0.15, 0.2) is 0 Å². The highest BCUT2D eigenvalue weighted by Gasteiger charge is 2.40. The van der Waals surface area contributed by atoms with E-state index in [4.69, 9.17) is 5.11 Å². The maximum atomic E-state index is 11.8. The van der Waals surface area contributed by atoms with Gasteiger partial charge in [-0.15, -0.1) is 0 Å². The Labute approximate surface area is 85.9 Å². The summed E-state index contributed by atoms with van der Waals surface area (Å²) in [6.07, 6.45) is 0.527. The third kappa shape index (κ3) is 2.45. The topological polar surface area (TPSA) is 58.6 Å². The Bertz CT molecular complexity index is 204. The quantitative estimate of drug-likeness (QED) is 0.690. The van der Waals surface area contributed by atoms with Crippen molar-refractivity contribution in [2.75, 3.05) is 13.2 Å². The number of nitrogens with zero attached hydrogens (tertiary/aromatic N) is 1. The highest BCUT2D eigenvalue weighted by Crippen LogP contribution is 2.27. The Kier molecular flexibility index (Phi) is 3.21. The molecule has 0 spiro atoms. The average molecular weight is 201 g/mol. The second-order valence-electron chi connectivity index (χ2n) is 5.33. The summed E-state index contributed by atoms with van der Waals surface area (Å²) in [7, 11) is 0. The van der Waals surface area contributed by atoms with Gasteiger partial charge in [-0.3, -0.25) is 0 Å². The number of aliphatic hydroxyl groups excluding tert-OH is 1. The average Bonchev–Trinajstić information content (AvgIpc) is 1.93. The van der Waals surface area contributed by atoms with Crippen LogP contribution in [0, 0.1) is 5.21 Å². The third-order valence-electron chi connectivity index (χ3n) is 2.79. The summed E-state index contributed by atoms with van der Waals surface area (Å²) >= 11 is 0. The van der Waals surface area contributed by atoms with Gasteiger partial charge in [-0.25, -0.2) is 0 Å². The van der Waals surface area contributed by atoms with E-state index >= 15 is 0 Å². The van der Waals surface area contributed by atoms with E-state index in [1.54, 1.807) is 0 Å². The molecule has 1 saturated heterocycles. The molecule has 4 nitrogen and oxygen atoms in total. The maximum absolute atomic E-state index is 11.8. The van der Waals surface area contributed by atoms with Crippen molar-refractivity contribution in [1.29, 1.82) is 0 Å². The van der Waals surface area contributed by atoms with Gasteiger partial charge in [0.2, 0.25) is 0 Å². The van der Waals surface area contributed by atoms with E-state index in [0.29, 0.717) is 13.0 Å². The molecule has 14 heavy (non-hydrogen) atoms. The van der Waals surface area contributed by atoms with Crippen LogP contribution in [0.25, 0.3) is 0 Å². The summed E-state index contributed by atoms with van der Waals surface area (Å²) in [6.45, 7) is 8.61. The monoisotopic (exact) mass is 201 g/mol. The fourth-order valence-electron chi connectivity index (χ4n) is 2.48. The molecule has 1 aliphatic rings. The Morgan fingerprint density at radius 3 is 2.43 bits per heavy atom. The minimum absolute atomic E-state index is 0.0644. The van der Waals surface area contributed by atoms with Crippen molar-refractivity contribution in [3.05, 3.63) is 5.21 Å². The first-order chi connectivity index (χ1) is 6.28. The van der Waals surface area contributed by atoms with Gasteiger partial charge in [0.1, 0.15) is 0 Å². The highest BCUT2D eigenvalue weighted by atomic mass is 16.5.